The lowest BCUT2D eigenvalue weighted by Crippen LogP contribution is -2.50. The van der Waals surface area contributed by atoms with E-state index in [-0.39, 0.29) is 25.5 Å². The average molecular weight is 426 g/mol. The minimum absolute atomic E-state index is 0.0349. The number of benzene rings is 1. The highest BCUT2D eigenvalue weighted by Gasteiger charge is 2.23. The Kier molecular flexibility index (Phi) is 8.13. The molecule has 2 amide bonds. The minimum atomic E-state index is -0.604. The Morgan fingerprint density at radius 3 is 2.38 bits per heavy atom. The van der Waals surface area contributed by atoms with E-state index in [1.165, 1.54) is 0 Å². The van der Waals surface area contributed by atoms with Crippen LogP contribution in [-0.2, 0) is 19.1 Å². The normalized spacial score (nSPS) is 14.3. The van der Waals surface area contributed by atoms with Gasteiger partial charge in [0.15, 0.2) is 6.61 Å². The first-order valence-corrected chi connectivity index (χ1v) is 9.93. The van der Waals surface area contributed by atoms with Gasteiger partial charge in [-0.15, -0.1) is 0 Å². The monoisotopic (exact) mass is 425 g/mol. The van der Waals surface area contributed by atoms with Crippen molar-refractivity contribution in [3.05, 3.63) is 29.3 Å². The number of anilines is 1. The van der Waals surface area contributed by atoms with Gasteiger partial charge in [-0.1, -0.05) is 23.7 Å². The fourth-order valence-corrected chi connectivity index (χ4v) is 3.05. The van der Waals surface area contributed by atoms with E-state index < -0.39 is 17.7 Å². The van der Waals surface area contributed by atoms with Crippen LogP contribution in [0, 0.1) is 0 Å². The van der Waals surface area contributed by atoms with Gasteiger partial charge in [-0.25, -0.2) is 4.79 Å². The number of ether oxygens (including phenoxy) is 2. The number of rotatable bonds is 6. The van der Waals surface area contributed by atoms with Gasteiger partial charge in [0, 0.05) is 32.7 Å². The lowest BCUT2D eigenvalue weighted by atomic mass is 10.2. The number of nitrogens with one attached hydrogen (secondary N) is 1. The smallest absolute Gasteiger partial charge is 0.407 e. The van der Waals surface area contributed by atoms with Crippen LogP contribution in [0.3, 0.4) is 0 Å². The third kappa shape index (κ3) is 7.81. The van der Waals surface area contributed by atoms with Crippen LogP contribution in [0.5, 0.6) is 0 Å². The highest BCUT2D eigenvalue weighted by atomic mass is 35.5. The largest absolute Gasteiger partial charge is 0.456 e. The average Bonchev–Trinajstić information content (AvgIpc) is 2.65. The van der Waals surface area contributed by atoms with Crippen molar-refractivity contribution in [2.45, 2.75) is 32.8 Å². The zero-order valence-electron chi connectivity index (χ0n) is 17.1. The standard InChI is InChI=1S/C20H28ClN3O5/c1-20(2,3)29-19(27)22-9-8-18(26)28-14-17(25)24-12-10-23(11-13-24)16-7-5-4-6-15(16)21/h4-7H,8-14H2,1-3H3,(H,22,27). The number of hydrogen-bond acceptors (Lipinski definition) is 6. The van der Waals surface area contributed by atoms with Crippen LogP contribution in [0.15, 0.2) is 24.3 Å². The van der Waals surface area contributed by atoms with Crippen molar-refractivity contribution < 1.29 is 23.9 Å². The number of carbonyl (C=O) groups excluding carboxylic acids is 3. The van der Waals surface area contributed by atoms with Crippen molar-refractivity contribution in [3.63, 3.8) is 0 Å². The van der Waals surface area contributed by atoms with Crippen molar-refractivity contribution in [2.24, 2.45) is 0 Å². The summed E-state index contributed by atoms with van der Waals surface area (Å²) in [5.41, 5.74) is 0.345. The topological polar surface area (TPSA) is 88.2 Å². The molecule has 29 heavy (non-hydrogen) atoms. The second-order valence-corrected chi connectivity index (χ2v) is 8.07. The number of halogens is 1. The SMILES string of the molecule is CC(C)(C)OC(=O)NCCC(=O)OCC(=O)N1CCN(c2ccccc2Cl)CC1. The summed E-state index contributed by atoms with van der Waals surface area (Å²) in [5, 5.41) is 3.15. The number of carbonyl (C=O) groups is 3. The molecule has 1 aliphatic rings. The maximum Gasteiger partial charge on any atom is 0.407 e. The molecule has 8 nitrogen and oxygen atoms in total. The number of esters is 1. The molecule has 0 spiro atoms. The zero-order valence-corrected chi connectivity index (χ0v) is 17.8. The van der Waals surface area contributed by atoms with E-state index in [1.54, 1.807) is 25.7 Å². The van der Waals surface area contributed by atoms with Crippen LogP contribution in [0.2, 0.25) is 5.02 Å². The van der Waals surface area contributed by atoms with E-state index in [4.69, 9.17) is 21.1 Å². The Bertz CT molecular complexity index is 727. The molecule has 9 heteroatoms. The summed E-state index contributed by atoms with van der Waals surface area (Å²) in [4.78, 5) is 39.3. The maximum absolute atomic E-state index is 12.3. The fourth-order valence-electron chi connectivity index (χ4n) is 2.79. The molecule has 1 aromatic rings. The summed E-state index contributed by atoms with van der Waals surface area (Å²) in [6, 6.07) is 7.59. The van der Waals surface area contributed by atoms with Gasteiger partial charge in [0.1, 0.15) is 5.60 Å². The van der Waals surface area contributed by atoms with Crippen molar-refractivity contribution >= 4 is 35.3 Å². The van der Waals surface area contributed by atoms with Crippen LogP contribution in [0.4, 0.5) is 10.5 Å². The third-order valence-corrected chi connectivity index (χ3v) is 4.50. The molecular formula is C20H28ClN3O5. The molecule has 0 atom stereocenters. The molecule has 0 aromatic heterocycles. The molecule has 1 aromatic carbocycles. The quantitative estimate of drug-likeness (QED) is 0.704. The van der Waals surface area contributed by atoms with E-state index >= 15 is 0 Å². The Balaban J connectivity index is 1.65. The second-order valence-electron chi connectivity index (χ2n) is 7.66. The van der Waals surface area contributed by atoms with E-state index in [0.717, 1.165) is 5.69 Å². The van der Waals surface area contributed by atoms with Crippen LogP contribution in [0.1, 0.15) is 27.2 Å². The van der Waals surface area contributed by atoms with Gasteiger partial charge in [0.2, 0.25) is 0 Å². The number of piperazine rings is 1. The van der Waals surface area contributed by atoms with Crippen molar-refractivity contribution in [1.82, 2.24) is 10.2 Å². The first-order chi connectivity index (χ1) is 13.7. The van der Waals surface area contributed by atoms with Gasteiger partial charge >= 0.3 is 12.1 Å². The van der Waals surface area contributed by atoms with Crippen LogP contribution in [0.25, 0.3) is 0 Å². The number of para-hydroxylation sites is 1. The molecule has 0 radical (unpaired) electrons. The van der Waals surface area contributed by atoms with Gasteiger partial charge in [-0.3, -0.25) is 9.59 Å². The molecule has 0 aliphatic carbocycles. The zero-order chi connectivity index (χ0) is 21.4. The summed E-state index contributed by atoms with van der Waals surface area (Å²) in [6.45, 7) is 7.40. The van der Waals surface area contributed by atoms with Gasteiger partial charge in [0.25, 0.3) is 5.91 Å². The van der Waals surface area contributed by atoms with Crippen molar-refractivity contribution in [2.75, 3.05) is 44.2 Å². The molecule has 1 heterocycles. The molecule has 1 aliphatic heterocycles. The Morgan fingerprint density at radius 2 is 1.76 bits per heavy atom. The molecule has 2 rings (SSSR count). The molecule has 1 fully saturated rings. The van der Waals surface area contributed by atoms with Crippen molar-refractivity contribution in [1.29, 1.82) is 0 Å². The Labute approximate surface area is 176 Å². The van der Waals surface area contributed by atoms with E-state index in [1.807, 2.05) is 24.3 Å². The van der Waals surface area contributed by atoms with Crippen LogP contribution >= 0.6 is 11.6 Å². The molecular weight excluding hydrogens is 398 g/mol. The summed E-state index contributed by atoms with van der Waals surface area (Å²) in [7, 11) is 0. The van der Waals surface area contributed by atoms with E-state index in [0.29, 0.717) is 31.2 Å². The first-order valence-electron chi connectivity index (χ1n) is 9.55. The summed E-state index contributed by atoms with van der Waals surface area (Å²) >= 11 is 6.22. The number of hydrogen-bond donors (Lipinski definition) is 1. The van der Waals surface area contributed by atoms with Gasteiger partial charge in [-0.05, 0) is 32.9 Å². The molecule has 0 unspecified atom stereocenters. The molecule has 1 saturated heterocycles. The van der Waals surface area contributed by atoms with E-state index in [9.17, 15) is 14.4 Å². The number of alkyl carbamates (subject to hydrolysis) is 1. The molecule has 0 saturated carbocycles. The first kappa shape index (κ1) is 22.8. The third-order valence-electron chi connectivity index (χ3n) is 4.18. The van der Waals surface area contributed by atoms with Gasteiger partial charge < -0.3 is 24.6 Å². The molecule has 1 N–H and O–H groups in total. The lowest BCUT2D eigenvalue weighted by Gasteiger charge is -2.36. The fraction of sp³-hybridized carbons (Fsp3) is 0.550. The van der Waals surface area contributed by atoms with Crippen molar-refractivity contribution in [3.8, 4) is 0 Å². The van der Waals surface area contributed by atoms with E-state index in [2.05, 4.69) is 10.2 Å². The maximum atomic E-state index is 12.3. The highest BCUT2D eigenvalue weighted by Crippen LogP contribution is 2.26. The number of amides is 2. The summed E-state index contributed by atoms with van der Waals surface area (Å²) < 4.78 is 10.1. The Hall–Kier alpha value is -2.48. The Morgan fingerprint density at radius 1 is 1.10 bits per heavy atom. The molecule has 160 valence electrons. The number of nitrogens with zero attached hydrogens (tertiary/aromatic N) is 2. The molecule has 0 bridgehead atoms. The lowest BCUT2D eigenvalue weighted by molar-refractivity contribution is -0.152. The van der Waals surface area contributed by atoms with Gasteiger partial charge in [-0.2, -0.15) is 0 Å². The van der Waals surface area contributed by atoms with Crippen LogP contribution < -0.4 is 10.2 Å². The summed E-state index contributed by atoms with van der Waals surface area (Å²) in [6.07, 6.45) is -0.634. The van der Waals surface area contributed by atoms with Crippen LogP contribution in [-0.4, -0.2) is 67.8 Å². The van der Waals surface area contributed by atoms with Gasteiger partial charge in [0.05, 0.1) is 17.1 Å². The predicted octanol–water partition coefficient (Wildman–Crippen LogP) is 2.45. The predicted molar refractivity (Wildman–Crippen MR) is 110 cm³/mol. The second kappa shape index (κ2) is 10.3. The highest BCUT2D eigenvalue weighted by molar-refractivity contribution is 6.33. The minimum Gasteiger partial charge on any atom is -0.456 e. The summed E-state index contributed by atoms with van der Waals surface area (Å²) in [5.74, 6) is -0.790.